The van der Waals surface area contributed by atoms with Crippen LogP contribution in [0.5, 0.6) is 0 Å². The highest BCUT2D eigenvalue weighted by atomic mass is 32.1. The minimum absolute atomic E-state index is 0.0617. The van der Waals surface area contributed by atoms with Gasteiger partial charge >= 0.3 is 0 Å². The zero-order chi connectivity index (χ0) is 13.5. The molecular formula is C15H16N2OS. The van der Waals surface area contributed by atoms with E-state index >= 15 is 0 Å². The second-order valence-corrected chi connectivity index (χ2v) is 5.55. The van der Waals surface area contributed by atoms with Crippen LogP contribution in [0.15, 0.2) is 47.6 Å². The number of hydrogen-bond acceptors (Lipinski definition) is 3. The number of thiophene rings is 1. The van der Waals surface area contributed by atoms with E-state index in [1.54, 1.807) is 17.6 Å². The van der Waals surface area contributed by atoms with Gasteiger partial charge < -0.3 is 0 Å². The van der Waals surface area contributed by atoms with Gasteiger partial charge in [0, 0.05) is 16.2 Å². The zero-order valence-corrected chi connectivity index (χ0v) is 11.6. The summed E-state index contributed by atoms with van der Waals surface area (Å²) in [5.41, 5.74) is 3.71. The van der Waals surface area contributed by atoms with Gasteiger partial charge in [0.25, 0.3) is 0 Å². The Labute approximate surface area is 117 Å². The summed E-state index contributed by atoms with van der Waals surface area (Å²) in [6.45, 7) is 2.04. The number of carbonyl (C=O) groups is 1. The Bertz CT molecular complexity index is 561. The fraction of sp³-hybridized carbons (Fsp3) is 0.200. The molecule has 1 heterocycles. The van der Waals surface area contributed by atoms with Crippen LogP contribution >= 0.6 is 11.3 Å². The predicted octanol–water partition coefficient (Wildman–Crippen LogP) is 3.14. The van der Waals surface area contributed by atoms with Crippen LogP contribution in [0.25, 0.3) is 0 Å². The first-order valence-electron chi connectivity index (χ1n) is 6.16. The molecule has 3 nitrogen and oxygen atoms in total. The van der Waals surface area contributed by atoms with Crippen LogP contribution in [-0.2, 0) is 11.2 Å². The van der Waals surface area contributed by atoms with Crippen molar-refractivity contribution in [3.63, 3.8) is 0 Å². The molecule has 0 aliphatic heterocycles. The summed E-state index contributed by atoms with van der Waals surface area (Å²) >= 11 is 1.65. The van der Waals surface area contributed by atoms with Crippen molar-refractivity contribution in [3.05, 3.63) is 57.8 Å². The maximum atomic E-state index is 11.6. The first-order chi connectivity index (χ1) is 9.24. The second-order valence-electron chi connectivity index (χ2n) is 4.23. The van der Waals surface area contributed by atoms with Crippen molar-refractivity contribution in [3.8, 4) is 0 Å². The smallest absolute Gasteiger partial charge is 0.240 e. The number of carbonyl (C=O) groups excluding carboxylic acids is 1. The van der Waals surface area contributed by atoms with E-state index in [-0.39, 0.29) is 5.91 Å². The van der Waals surface area contributed by atoms with Gasteiger partial charge in [-0.05, 0) is 31.0 Å². The van der Waals surface area contributed by atoms with Gasteiger partial charge in [-0.15, -0.1) is 11.3 Å². The minimum Gasteiger partial charge on any atom is -0.273 e. The topological polar surface area (TPSA) is 41.5 Å². The molecule has 0 aliphatic rings. The Hall–Kier alpha value is -1.94. The average molecular weight is 272 g/mol. The molecule has 1 amide bonds. The third-order valence-corrected chi connectivity index (χ3v) is 3.56. The van der Waals surface area contributed by atoms with E-state index in [4.69, 9.17) is 0 Å². The normalized spacial score (nSPS) is 10.8. The van der Waals surface area contributed by atoms with Gasteiger partial charge in [-0.25, -0.2) is 5.43 Å². The van der Waals surface area contributed by atoms with Gasteiger partial charge in [0.2, 0.25) is 5.91 Å². The number of rotatable bonds is 5. The highest BCUT2D eigenvalue weighted by Crippen LogP contribution is 2.12. The lowest BCUT2D eigenvalue weighted by Crippen LogP contribution is -2.17. The molecule has 4 heteroatoms. The van der Waals surface area contributed by atoms with E-state index in [1.165, 1.54) is 4.88 Å². The molecule has 0 bridgehead atoms. The Morgan fingerprint density at radius 2 is 2.05 bits per heavy atom. The predicted molar refractivity (Wildman–Crippen MR) is 79.6 cm³/mol. The standard InChI is InChI=1S/C15H16N2OS/c1-12-7-9-14(19-12)11-16-17-15(18)10-8-13-5-3-2-4-6-13/h2-7,9,11H,8,10H2,1H3,(H,17,18). The molecule has 2 aromatic rings. The highest BCUT2D eigenvalue weighted by molar-refractivity contribution is 7.13. The first-order valence-corrected chi connectivity index (χ1v) is 6.98. The Balaban J connectivity index is 1.74. The number of amides is 1. The fourth-order valence-electron chi connectivity index (χ4n) is 1.65. The third kappa shape index (κ3) is 4.67. The lowest BCUT2D eigenvalue weighted by Gasteiger charge is -2.00. The highest BCUT2D eigenvalue weighted by Gasteiger charge is 2.00. The molecule has 98 valence electrons. The maximum absolute atomic E-state index is 11.6. The summed E-state index contributed by atoms with van der Waals surface area (Å²) in [6, 6.07) is 14.0. The molecule has 1 N–H and O–H groups in total. The lowest BCUT2D eigenvalue weighted by atomic mass is 10.1. The minimum atomic E-state index is -0.0617. The van der Waals surface area contributed by atoms with E-state index in [2.05, 4.69) is 10.5 Å². The number of hydrogen-bond donors (Lipinski definition) is 1. The average Bonchev–Trinajstić information content (AvgIpc) is 2.83. The van der Waals surface area contributed by atoms with Crippen molar-refractivity contribution < 1.29 is 4.79 Å². The number of benzene rings is 1. The van der Waals surface area contributed by atoms with Crippen molar-refractivity contribution in [1.29, 1.82) is 0 Å². The van der Waals surface area contributed by atoms with Gasteiger partial charge in [-0.1, -0.05) is 30.3 Å². The lowest BCUT2D eigenvalue weighted by molar-refractivity contribution is -0.121. The van der Waals surface area contributed by atoms with Crippen LogP contribution in [0, 0.1) is 6.92 Å². The van der Waals surface area contributed by atoms with E-state index in [1.807, 2.05) is 49.4 Å². The van der Waals surface area contributed by atoms with Crippen molar-refractivity contribution in [2.24, 2.45) is 5.10 Å². The fourth-order valence-corrected chi connectivity index (χ4v) is 2.40. The van der Waals surface area contributed by atoms with Crippen LogP contribution < -0.4 is 5.43 Å². The number of nitrogens with one attached hydrogen (secondary N) is 1. The summed E-state index contributed by atoms with van der Waals surface area (Å²) in [4.78, 5) is 13.9. The summed E-state index contributed by atoms with van der Waals surface area (Å²) in [5.74, 6) is -0.0617. The van der Waals surface area contributed by atoms with Crippen LogP contribution in [0.1, 0.15) is 21.7 Å². The van der Waals surface area contributed by atoms with Crippen LogP contribution in [-0.4, -0.2) is 12.1 Å². The largest absolute Gasteiger partial charge is 0.273 e. The Kier molecular flexibility index (Phi) is 4.86. The van der Waals surface area contributed by atoms with Gasteiger partial charge in [-0.2, -0.15) is 5.10 Å². The molecule has 0 atom stereocenters. The Morgan fingerprint density at radius 1 is 1.26 bits per heavy atom. The summed E-state index contributed by atoms with van der Waals surface area (Å²) in [5, 5.41) is 3.95. The molecule has 0 fully saturated rings. The molecule has 0 unspecified atom stereocenters. The van der Waals surface area contributed by atoms with Gasteiger partial charge in [-0.3, -0.25) is 4.79 Å². The quantitative estimate of drug-likeness (QED) is 0.659. The van der Waals surface area contributed by atoms with Crippen molar-refractivity contribution in [1.82, 2.24) is 5.43 Å². The molecular weight excluding hydrogens is 256 g/mol. The summed E-state index contributed by atoms with van der Waals surface area (Å²) < 4.78 is 0. The number of hydrazone groups is 1. The van der Waals surface area contributed by atoms with Crippen molar-refractivity contribution in [2.75, 3.05) is 0 Å². The molecule has 2 rings (SSSR count). The maximum Gasteiger partial charge on any atom is 0.240 e. The van der Waals surface area contributed by atoms with Crippen molar-refractivity contribution >= 4 is 23.5 Å². The number of nitrogens with zero attached hydrogens (tertiary/aromatic N) is 1. The zero-order valence-electron chi connectivity index (χ0n) is 10.8. The number of aryl methyl sites for hydroxylation is 2. The molecule has 1 aromatic heterocycles. The summed E-state index contributed by atoms with van der Waals surface area (Å²) in [7, 11) is 0. The molecule has 0 saturated carbocycles. The van der Waals surface area contributed by atoms with Gasteiger partial charge in [0.15, 0.2) is 0 Å². The Morgan fingerprint density at radius 3 is 2.74 bits per heavy atom. The van der Waals surface area contributed by atoms with E-state index in [0.717, 1.165) is 16.9 Å². The molecule has 1 aromatic carbocycles. The van der Waals surface area contributed by atoms with Crippen LogP contribution in [0.4, 0.5) is 0 Å². The molecule has 0 saturated heterocycles. The van der Waals surface area contributed by atoms with E-state index in [9.17, 15) is 4.79 Å². The van der Waals surface area contributed by atoms with Crippen LogP contribution in [0.2, 0.25) is 0 Å². The summed E-state index contributed by atoms with van der Waals surface area (Å²) in [6.07, 6.45) is 2.86. The van der Waals surface area contributed by atoms with Gasteiger partial charge in [0.1, 0.15) is 0 Å². The molecule has 0 spiro atoms. The van der Waals surface area contributed by atoms with Gasteiger partial charge in [0.05, 0.1) is 6.21 Å². The monoisotopic (exact) mass is 272 g/mol. The molecule has 0 radical (unpaired) electrons. The van der Waals surface area contributed by atoms with Crippen molar-refractivity contribution in [2.45, 2.75) is 19.8 Å². The molecule has 19 heavy (non-hydrogen) atoms. The van der Waals surface area contributed by atoms with E-state index in [0.29, 0.717) is 6.42 Å². The van der Waals surface area contributed by atoms with E-state index < -0.39 is 0 Å². The van der Waals surface area contributed by atoms with Crippen LogP contribution in [0.3, 0.4) is 0 Å². The SMILES string of the molecule is Cc1ccc(C=NNC(=O)CCc2ccccc2)s1. The third-order valence-electron chi connectivity index (χ3n) is 2.63. The molecule has 0 aliphatic carbocycles. The first kappa shape index (κ1) is 13.5. The second kappa shape index (κ2) is 6.85.